The third-order valence-corrected chi connectivity index (χ3v) is 5.19. The number of hydrogen-bond acceptors (Lipinski definition) is 6. The maximum Gasteiger partial charge on any atom is 0.270 e. The molecule has 0 fully saturated rings. The number of carbonyl (C=O) groups excluding carboxylic acids is 1. The van der Waals surface area contributed by atoms with Gasteiger partial charge in [-0.25, -0.2) is 4.98 Å². The molecule has 0 saturated heterocycles. The summed E-state index contributed by atoms with van der Waals surface area (Å²) in [7, 11) is 3.38. The van der Waals surface area contributed by atoms with Crippen LogP contribution in [0.5, 0.6) is 0 Å². The van der Waals surface area contributed by atoms with E-state index in [0.717, 1.165) is 33.0 Å². The van der Waals surface area contributed by atoms with Crippen LogP contribution in [-0.2, 0) is 4.79 Å². The number of benzene rings is 2. The van der Waals surface area contributed by atoms with E-state index in [0.29, 0.717) is 10.8 Å². The first kappa shape index (κ1) is 22.2. The second kappa shape index (κ2) is 10.0. The van der Waals surface area contributed by atoms with Gasteiger partial charge in [0, 0.05) is 36.8 Å². The number of amides is 1. The van der Waals surface area contributed by atoms with Gasteiger partial charge in [0.05, 0.1) is 15.1 Å². The standard InChI is InChI=1S/C19H11ClN2O3S.C3H7NO/c20-13-3-1-12(2-4-13)17-9-6-15(25-17)7-10-19-21-16-8-5-14(22(23)24)11-18(16)26-19;1-4(2)3-5/h1-11H;3H,1-2H3/b10-7+;. The minimum Gasteiger partial charge on any atom is -0.457 e. The zero-order valence-electron chi connectivity index (χ0n) is 16.7. The van der Waals surface area contributed by atoms with Gasteiger partial charge in [-0.3, -0.25) is 14.9 Å². The molecular weight excluding hydrogens is 438 g/mol. The second-order valence-electron chi connectivity index (χ2n) is 6.57. The van der Waals surface area contributed by atoms with Crippen molar-refractivity contribution in [3.8, 4) is 11.3 Å². The number of hydrogen-bond donors (Lipinski definition) is 0. The molecule has 2 aromatic carbocycles. The van der Waals surface area contributed by atoms with Crippen molar-refractivity contribution in [3.63, 3.8) is 0 Å². The number of fused-ring (bicyclic) bond motifs is 1. The maximum atomic E-state index is 10.9. The molecule has 0 aliphatic rings. The van der Waals surface area contributed by atoms with Crippen molar-refractivity contribution < 1.29 is 14.1 Å². The van der Waals surface area contributed by atoms with Gasteiger partial charge in [-0.05, 0) is 54.6 Å². The lowest BCUT2D eigenvalue weighted by molar-refractivity contribution is -0.384. The van der Waals surface area contributed by atoms with E-state index in [4.69, 9.17) is 16.0 Å². The average molecular weight is 456 g/mol. The van der Waals surface area contributed by atoms with E-state index in [-0.39, 0.29) is 5.69 Å². The summed E-state index contributed by atoms with van der Waals surface area (Å²) in [5, 5.41) is 12.3. The first-order valence-corrected chi connectivity index (χ1v) is 10.3. The van der Waals surface area contributed by atoms with Crippen LogP contribution >= 0.6 is 22.9 Å². The summed E-state index contributed by atoms with van der Waals surface area (Å²) in [6.07, 6.45) is 4.41. The fraction of sp³-hybridized carbons (Fsp3) is 0.0909. The number of aromatic nitrogens is 1. The lowest BCUT2D eigenvalue weighted by Crippen LogP contribution is -2.06. The van der Waals surface area contributed by atoms with Crippen molar-refractivity contribution in [2.24, 2.45) is 0 Å². The Kier molecular flexibility index (Phi) is 7.17. The molecule has 4 aromatic rings. The SMILES string of the molecule is CN(C)C=O.O=[N+]([O-])c1ccc2nc(/C=C/c3ccc(-c4ccc(Cl)cc4)o3)sc2c1. The zero-order valence-corrected chi connectivity index (χ0v) is 18.3. The molecule has 0 atom stereocenters. The van der Waals surface area contributed by atoms with Gasteiger partial charge in [0.1, 0.15) is 16.5 Å². The van der Waals surface area contributed by atoms with Gasteiger partial charge in [0.15, 0.2) is 0 Å². The highest BCUT2D eigenvalue weighted by atomic mass is 35.5. The zero-order chi connectivity index (χ0) is 22.4. The molecule has 31 heavy (non-hydrogen) atoms. The molecular formula is C22H18ClN3O4S. The van der Waals surface area contributed by atoms with Gasteiger partial charge in [0.2, 0.25) is 6.41 Å². The minimum atomic E-state index is -0.407. The lowest BCUT2D eigenvalue weighted by Gasteiger charge is -1.96. The summed E-state index contributed by atoms with van der Waals surface area (Å²) in [6, 6.07) is 15.8. The Balaban J connectivity index is 0.000000491. The number of furan rings is 1. The molecule has 2 heterocycles. The fourth-order valence-electron chi connectivity index (χ4n) is 2.48. The average Bonchev–Trinajstić information content (AvgIpc) is 3.39. The van der Waals surface area contributed by atoms with Gasteiger partial charge >= 0.3 is 0 Å². The molecule has 4 rings (SSSR count). The van der Waals surface area contributed by atoms with Gasteiger partial charge in [-0.2, -0.15) is 0 Å². The highest BCUT2D eigenvalue weighted by molar-refractivity contribution is 7.19. The highest BCUT2D eigenvalue weighted by Crippen LogP contribution is 2.28. The van der Waals surface area contributed by atoms with Crippen LogP contribution in [-0.4, -0.2) is 35.3 Å². The molecule has 0 radical (unpaired) electrons. The Morgan fingerprint density at radius 2 is 1.81 bits per heavy atom. The Hall–Kier alpha value is -3.49. The molecule has 2 aromatic heterocycles. The van der Waals surface area contributed by atoms with Crippen molar-refractivity contribution in [1.82, 2.24) is 9.88 Å². The molecule has 9 heteroatoms. The van der Waals surface area contributed by atoms with E-state index in [9.17, 15) is 14.9 Å². The van der Waals surface area contributed by atoms with Crippen molar-refractivity contribution in [2.45, 2.75) is 0 Å². The smallest absolute Gasteiger partial charge is 0.270 e. The van der Waals surface area contributed by atoms with Crippen LogP contribution in [0.4, 0.5) is 5.69 Å². The predicted octanol–water partition coefficient (Wildman–Crippen LogP) is 5.99. The number of halogens is 1. The Morgan fingerprint density at radius 3 is 2.45 bits per heavy atom. The quantitative estimate of drug-likeness (QED) is 0.209. The number of non-ortho nitro benzene ring substituents is 1. The van der Waals surface area contributed by atoms with Crippen LogP contribution in [0.2, 0.25) is 5.02 Å². The summed E-state index contributed by atoms with van der Waals surface area (Å²) < 4.78 is 6.59. The van der Waals surface area contributed by atoms with Crippen molar-refractivity contribution in [3.05, 3.63) is 80.5 Å². The Bertz CT molecular complexity index is 1230. The van der Waals surface area contributed by atoms with Crippen LogP contribution in [0.15, 0.2) is 59.0 Å². The third kappa shape index (κ3) is 6.00. The summed E-state index contributed by atoms with van der Waals surface area (Å²) in [6.45, 7) is 0. The highest BCUT2D eigenvalue weighted by Gasteiger charge is 2.09. The minimum absolute atomic E-state index is 0.0651. The fourth-order valence-corrected chi connectivity index (χ4v) is 3.51. The van der Waals surface area contributed by atoms with Crippen LogP contribution in [0.25, 0.3) is 33.7 Å². The number of carbonyl (C=O) groups is 1. The largest absolute Gasteiger partial charge is 0.457 e. The second-order valence-corrected chi connectivity index (χ2v) is 8.07. The van der Waals surface area contributed by atoms with Gasteiger partial charge < -0.3 is 9.32 Å². The van der Waals surface area contributed by atoms with Crippen LogP contribution < -0.4 is 0 Å². The molecule has 0 aliphatic carbocycles. The third-order valence-electron chi connectivity index (χ3n) is 3.96. The van der Waals surface area contributed by atoms with E-state index >= 15 is 0 Å². The molecule has 0 N–H and O–H groups in total. The summed E-state index contributed by atoms with van der Waals surface area (Å²) in [5.74, 6) is 1.45. The number of nitro benzene ring substituents is 1. The van der Waals surface area contributed by atoms with E-state index in [1.807, 2.05) is 48.6 Å². The molecule has 1 amide bonds. The topological polar surface area (TPSA) is 89.5 Å². The van der Waals surface area contributed by atoms with Gasteiger partial charge in [-0.15, -0.1) is 11.3 Å². The summed E-state index contributed by atoms with van der Waals surface area (Å²) in [5.41, 5.74) is 1.75. The Morgan fingerprint density at radius 1 is 1.10 bits per heavy atom. The predicted molar refractivity (Wildman–Crippen MR) is 124 cm³/mol. The van der Waals surface area contributed by atoms with Gasteiger partial charge in [0.25, 0.3) is 5.69 Å². The molecule has 0 spiro atoms. The van der Waals surface area contributed by atoms with Gasteiger partial charge in [-0.1, -0.05) is 11.6 Å². The molecule has 0 bridgehead atoms. The van der Waals surface area contributed by atoms with Crippen molar-refractivity contribution in [2.75, 3.05) is 14.1 Å². The van der Waals surface area contributed by atoms with E-state index < -0.39 is 4.92 Å². The number of nitrogens with zero attached hydrogens (tertiary/aromatic N) is 3. The van der Waals surface area contributed by atoms with Crippen LogP contribution in [0.3, 0.4) is 0 Å². The molecule has 0 unspecified atom stereocenters. The molecule has 0 aliphatic heterocycles. The normalized spacial score (nSPS) is 10.7. The monoisotopic (exact) mass is 455 g/mol. The van der Waals surface area contributed by atoms with Crippen LogP contribution in [0.1, 0.15) is 10.8 Å². The molecule has 7 nitrogen and oxygen atoms in total. The number of thiazole rings is 1. The van der Waals surface area contributed by atoms with Crippen LogP contribution in [0, 0.1) is 10.1 Å². The molecule has 0 saturated carbocycles. The van der Waals surface area contributed by atoms with Crippen molar-refractivity contribution in [1.29, 1.82) is 0 Å². The first-order valence-electron chi connectivity index (χ1n) is 9.06. The van der Waals surface area contributed by atoms with E-state index in [1.165, 1.54) is 28.4 Å². The van der Waals surface area contributed by atoms with E-state index in [2.05, 4.69) is 4.98 Å². The Labute approximate surface area is 187 Å². The van der Waals surface area contributed by atoms with E-state index in [1.54, 1.807) is 20.2 Å². The number of nitro groups is 1. The maximum absolute atomic E-state index is 10.9. The summed E-state index contributed by atoms with van der Waals surface area (Å²) in [4.78, 5) is 25.8. The first-order chi connectivity index (χ1) is 14.9. The summed E-state index contributed by atoms with van der Waals surface area (Å²) >= 11 is 7.29. The lowest BCUT2D eigenvalue weighted by atomic mass is 10.2. The number of rotatable bonds is 5. The molecule has 158 valence electrons. The van der Waals surface area contributed by atoms with Crippen molar-refractivity contribution >= 4 is 57.4 Å².